The molecule has 1 amide bonds. The van der Waals surface area contributed by atoms with Crippen molar-refractivity contribution in [3.05, 3.63) is 89.5 Å². The normalized spacial score (nSPS) is 18.7. The number of hydrogen-bond donors (Lipinski definition) is 0. The summed E-state index contributed by atoms with van der Waals surface area (Å²) in [6.07, 6.45) is 13.1. The molecule has 268 valence electrons. The van der Waals surface area contributed by atoms with Gasteiger partial charge in [0.25, 0.3) is 5.91 Å². The second-order valence-electron chi connectivity index (χ2n) is 13.0. The van der Waals surface area contributed by atoms with E-state index in [0.29, 0.717) is 61.5 Å². The van der Waals surface area contributed by atoms with Gasteiger partial charge in [-0.25, -0.2) is 4.98 Å². The van der Waals surface area contributed by atoms with E-state index >= 15 is 0 Å². The fourth-order valence-electron chi connectivity index (χ4n) is 7.30. The van der Waals surface area contributed by atoms with E-state index in [0.717, 1.165) is 51.0 Å². The molecule has 2 aliphatic rings. The molecular formula is C40H52N4O6. The Balaban J connectivity index is 1.25. The molecule has 1 unspecified atom stereocenters. The molecule has 0 bridgehead atoms. The number of amides is 1. The molecule has 0 aliphatic carbocycles. The number of imidazole rings is 1. The van der Waals surface area contributed by atoms with Crippen molar-refractivity contribution in [1.82, 2.24) is 19.4 Å². The van der Waals surface area contributed by atoms with Gasteiger partial charge in [-0.15, -0.1) is 0 Å². The predicted molar refractivity (Wildman–Crippen MR) is 195 cm³/mol. The number of aromatic nitrogens is 2. The Morgan fingerprint density at radius 3 is 2.32 bits per heavy atom. The summed E-state index contributed by atoms with van der Waals surface area (Å²) >= 11 is 0. The number of ether oxygens (including phenoxy) is 4. The third-order valence-corrected chi connectivity index (χ3v) is 10.1. The van der Waals surface area contributed by atoms with Crippen molar-refractivity contribution in [1.29, 1.82) is 0 Å². The minimum absolute atomic E-state index is 0.0542. The van der Waals surface area contributed by atoms with Gasteiger partial charge in [0.2, 0.25) is 11.5 Å². The molecule has 0 spiro atoms. The highest BCUT2D eigenvalue weighted by atomic mass is 16.5. The number of methoxy groups -OCH3 is 3. The van der Waals surface area contributed by atoms with Gasteiger partial charge < -0.3 is 33.3 Å². The zero-order valence-corrected chi connectivity index (χ0v) is 30.2. The van der Waals surface area contributed by atoms with Crippen molar-refractivity contribution in [2.24, 2.45) is 5.92 Å². The zero-order chi connectivity index (χ0) is 35.5. The minimum atomic E-state index is -0.174. The van der Waals surface area contributed by atoms with Gasteiger partial charge in [-0.05, 0) is 82.9 Å². The Kier molecular flexibility index (Phi) is 12.9. The van der Waals surface area contributed by atoms with Crippen LogP contribution in [-0.4, -0.2) is 98.3 Å². The minimum Gasteiger partial charge on any atom is -0.493 e. The van der Waals surface area contributed by atoms with Crippen molar-refractivity contribution >= 4 is 17.8 Å². The number of carbonyl (C=O) groups excluding carboxylic acids is 2. The Morgan fingerprint density at radius 1 is 0.960 bits per heavy atom. The average molecular weight is 685 g/mol. The van der Waals surface area contributed by atoms with Crippen LogP contribution in [-0.2, 0) is 16.7 Å². The maximum absolute atomic E-state index is 13.9. The highest BCUT2D eigenvalue weighted by Gasteiger charge is 2.42. The van der Waals surface area contributed by atoms with E-state index in [-0.39, 0.29) is 23.0 Å². The van der Waals surface area contributed by atoms with Crippen LogP contribution in [0.4, 0.5) is 0 Å². The Labute approximate surface area is 296 Å². The topological polar surface area (TPSA) is 95.4 Å². The lowest BCUT2D eigenvalue weighted by atomic mass is 9.76. The monoisotopic (exact) mass is 684 g/mol. The molecule has 10 nitrogen and oxygen atoms in total. The first kappa shape index (κ1) is 36.9. The zero-order valence-electron chi connectivity index (χ0n) is 30.2. The highest BCUT2D eigenvalue weighted by Crippen LogP contribution is 2.41. The molecule has 0 N–H and O–H groups in total. The maximum atomic E-state index is 13.9. The van der Waals surface area contributed by atoms with Gasteiger partial charge in [-0.3, -0.25) is 9.59 Å². The van der Waals surface area contributed by atoms with Gasteiger partial charge in [0.1, 0.15) is 0 Å². The predicted octanol–water partition coefficient (Wildman–Crippen LogP) is 6.30. The molecule has 2 fully saturated rings. The summed E-state index contributed by atoms with van der Waals surface area (Å²) in [5, 5.41) is 0. The summed E-state index contributed by atoms with van der Waals surface area (Å²) in [5.74, 6) is 1.90. The van der Waals surface area contributed by atoms with E-state index in [1.54, 1.807) is 39.7 Å². The van der Waals surface area contributed by atoms with Crippen LogP contribution in [0.3, 0.4) is 0 Å². The molecular weight excluding hydrogens is 632 g/mol. The Morgan fingerprint density at radius 2 is 1.68 bits per heavy atom. The number of carbonyl (C=O) groups is 2. The number of benzene rings is 2. The second-order valence-corrected chi connectivity index (χ2v) is 13.0. The van der Waals surface area contributed by atoms with Crippen molar-refractivity contribution in [3.63, 3.8) is 0 Å². The van der Waals surface area contributed by atoms with Crippen LogP contribution in [0.1, 0.15) is 71.8 Å². The molecule has 2 aliphatic heterocycles. The van der Waals surface area contributed by atoms with Crippen molar-refractivity contribution in [3.8, 4) is 17.2 Å². The molecule has 2 aromatic carbocycles. The molecule has 3 aromatic rings. The smallest absolute Gasteiger partial charge is 0.254 e. The number of ketones is 1. The number of nitrogens with zero attached hydrogens (tertiary/aromatic N) is 4. The molecule has 5 rings (SSSR count). The number of rotatable bonds is 16. The van der Waals surface area contributed by atoms with Crippen LogP contribution in [0.15, 0.2) is 66.9 Å². The third kappa shape index (κ3) is 8.30. The summed E-state index contributed by atoms with van der Waals surface area (Å²) in [7, 11) is 4.67. The van der Waals surface area contributed by atoms with Crippen molar-refractivity contribution in [2.45, 2.75) is 51.5 Å². The van der Waals surface area contributed by atoms with E-state index < -0.39 is 0 Å². The standard InChI is InChI=1S/C40H52N4O6/c1-6-8-10-15-33-28-41-38(44(33)24-25-50-7-2)36(45)30-16-20-42(21-17-30)22-18-40(32-13-11-9-12-14-32)19-23-43(29-40)39(46)31-26-34(47-3)37(49-5)35(27-31)48-4/h6,8-15,26-28,30H,7,16-25,29H2,1-5H3. The molecule has 0 radical (unpaired) electrons. The Hall–Kier alpha value is -4.41. The fraction of sp³-hybridized carbons (Fsp3) is 0.475. The second kappa shape index (κ2) is 17.5. The quantitative estimate of drug-likeness (QED) is 0.0986. The van der Waals surface area contributed by atoms with Crippen LogP contribution < -0.4 is 14.2 Å². The molecule has 2 saturated heterocycles. The lowest BCUT2D eigenvalue weighted by molar-refractivity contribution is 0.0777. The lowest BCUT2D eigenvalue weighted by Gasteiger charge is -2.36. The summed E-state index contributed by atoms with van der Waals surface area (Å²) < 4.78 is 24.1. The fourth-order valence-corrected chi connectivity index (χ4v) is 7.30. The number of hydrogen-bond acceptors (Lipinski definition) is 8. The Bertz CT molecular complexity index is 1620. The van der Waals surface area contributed by atoms with E-state index in [1.165, 1.54) is 5.56 Å². The van der Waals surface area contributed by atoms with Gasteiger partial charge in [0, 0.05) is 43.1 Å². The van der Waals surface area contributed by atoms with Gasteiger partial charge in [0.05, 0.1) is 39.8 Å². The third-order valence-electron chi connectivity index (χ3n) is 10.1. The van der Waals surface area contributed by atoms with Crippen molar-refractivity contribution in [2.75, 3.05) is 67.3 Å². The first-order valence-corrected chi connectivity index (χ1v) is 17.7. The van der Waals surface area contributed by atoms with Gasteiger partial charge >= 0.3 is 0 Å². The largest absolute Gasteiger partial charge is 0.493 e. The van der Waals surface area contributed by atoms with Crippen LogP contribution in [0.2, 0.25) is 0 Å². The SMILES string of the molecule is CC=CC=Cc1cnc(C(=O)C2CCN(CCC3(c4ccccc4)CCN(C(=O)c4cc(OC)c(OC)c(OC)c4)C3)CC2)n1CCOCC. The number of Topliss-reactive ketones (excluding diaryl/α,β-unsaturated/α-hetero) is 1. The molecule has 1 atom stereocenters. The van der Waals surface area contributed by atoms with E-state index in [9.17, 15) is 9.59 Å². The first-order chi connectivity index (χ1) is 24.4. The number of likely N-dealkylation sites (tertiary alicyclic amines) is 2. The lowest BCUT2D eigenvalue weighted by Crippen LogP contribution is -2.41. The van der Waals surface area contributed by atoms with E-state index in [1.807, 2.05) is 53.7 Å². The molecule has 3 heterocycles. The van der Waals surface area contributed by atoms with Gasteiger partial charge in [-0.1, -0.05) is 48.6 Å². The first-order valence-electron chi connectivity index (χ1n) is 17.7. The molecule has 10 heteroatoms. The van der Waals surface area contributed by atoms with E-state index in [4.69, 9.17) is 18.9 Å². The molecule has 0 saturated carbocycles. The van der Waals surface area contributed by atoms with E-state index in [2.05, 4.69) is 34.1 Å². The van der Waals surface area contributed by atoms with Gasteiger partial charge in [0.15, 0.2) is 17.3 Å². The van der Waals surface area contributed by atoms with Gasteiger partial charge in [-0.2, -0.15) is 0 Å². The highest BCUT2D eigenvalue weighted by molar-refractivity contribution is 5.96. The average Bonchev–Trinajstić information content (AvgIpc) is 3.79. The molecule has 50 heavy (non-hydrogen) atoms. The van der Waals surface area contributed by atoms with Crippen LogP contribution in [0.25, 0.3) is 6.08 Å². The summed E-state index contributed by atoms with van der Waals surface area (Å²) in [6, 6.07) is 14.0. The van der Waals surface area contributed by atoms with Crippen molar-refractivity contribution < 1.29 is 28.5 Å². The summed E-state index contributed by atoms with van der Waals surface area (Å²) in [6.45, 7) is 9.57. The number of allylic oxidation sites excluding steroid dienone is 3. The molecule has 1 aromatic heterocycles. The van der Waals surface area contributed by atoms with Crippen LogP contribution >= 0.6 is 0 Å². The van der Waals surface area contributed by atoms with Crippen LogP contribution in [0, 0.1) is 5.92 Å². The summed E-state index contributed by atoms with van der Waals surface area (Å²) in [5.41, 5.74) is 2.49. The van der Waals surface area contributed by atoms with Crippen LogP contribution in [0.5, 0.6) is 17.2 Å². The maximum Gasteiger partial charge on any atom is 0.254 e. The summed E-state index contributed by atoms with van der Waals surface area (Å²) in [4.78, 5) is 36.7. The number of piperidine rings is 1.